The first kappa shape index (κ1) is 15.1. The number of hydrogen-bond donors (Lipinski definition) is 1. The molecule has 0 fully saturated rings. The highest BCUT2D eigenvalue weighted by Gasteiger charge is 2.05. The number of nitrogens with two attached hydrogens (primary N) is 1. The topological polar surface area (TPSA) is 53.7 Å². The molecule has 0 aromatic heterocycles. The Bertz CT molecular complexity index is 589. The summed E-state index contributed by atoms with van der Waals surface area (Å²) in [7, 11) is 1.58. The van der Waals surface area contributed by atoms with Crippen LogP contribution in [0.15, 0.2) is 42.5 Å². The zero-order valence-corrected chi connectivity index (χ0v) is 11.8. The molecule has 2 aromatic rings. The van der Waals surface area contributed by atoms with Gasteiger partial charge in [-0.3, -0.25) is 0 Å². The van der Waals surface area contributed by atoms with Crippen LogP contribution in [-0.4, -0.2) is 20.3 Å². The molecule has 2 N–H and O–H groups in total. The van der Waals surface area contributed by atoms with E-state index in [0.29, 0.717) is 24.7 Å². The molecule has 0 aliphatic carbocycles. The third kappa shape index (κ3) is 4.10. The van der Waals surface area contributed by atoms with Gasteiger partial charge in [0.05, 0.1) is 7.11 Å². The number of methoxy groups -OCH3 is 1. The Morgan fingerprint density at radius 2 is 1.62 bits per heavy atom. The van der Waals surface area contributed by atoms with E-state index < -0.39 is 5.82 Å². The van der Waals surface area contributed by atoms with Crippen LogP contribution in [0, 0.1) is 5.82 Å². The van der Waals surface area contributed by atoms with Crippen LogP contribution >= 0.6 is 0 Å². The summed E-state index contributed by atoms with van der Waals surface area (Å²) in [5.41, 5.74) is 6.17. The van der Waals surface area contributed by atoms with E-state index in [2.05, 4.69) is 0 Å². The van der Waals surface area contributed by atoms with Gasteiger partial charge in [-0.25, -0.2) is 4.39 Å². The Balaban J connectivity index is 1.85. The van der Waals surface area contributed by atoms with Gasteiger partial charge in [-0.05, 0) is 29.8 Å². The van der Waals surface area contributed by atoms with Crippen LogP contribution in [0.25, 0.3) is 0 Å². The fourth-order valence-corrected chi connectivity index (χ4v) is 1.83. The van der Waals surface area contributed by atoms with Gasteiger partial charge in [0.15, 0.2) is 23.1 Å². The van der Waals surface area contributed by atoms with Gasteiger partial charge >= 0.3 is 0 Å². The third-order valence-electron chi connectivity index (χ3n) is 2.90. The van der Waals surface area contributed by atoms with E-state index in [0.717, 1.165) is 5.56 Å². The van der Waals surface area contributed by atoms with E-state index in [4.69, 9.17) is 19.9 Å². The van der Waals surface area contributed by atoms with Gasteiger partial charge in [-0.15, -0.1) is 0 Å². The molecule has 0 aliphatic heterocycles. The van der Waals surface area contributed by atoms with Crippen LogP contribution in [0.4, 0.5) is 4.39 Å². The van der Waals surface area contributed by atoms with Crippen molar-refractivity contribution >= 4 is 0 Å². The minimum absolute atomic E-state index is 0.191. The first-order chi connectivity index (χ1) is 10.2. The highest BCUT2D eigenvalue weighted by atomic mass is 19.1. The molecule has 0 bridgehead atoms. The molecule has 0 atom stereocenters. The lowest BCUT2D eigenvalue weighted by atomic mass is 10.2. The van der Waals surface area contributed by atoms with Crippen molar-refractivity contribution < 1.29 is 18.6 Å². The van der Waals surface area contributed by atoms with Crippen molar-refractivity contribution in [3.8, 4) is 17.2 Å². The molecule has 5 heteroatoms. The minimum atomic E-state index is -0.421. The van der Waals surface area contributed by atoms with Gasteiger partial charge in [-0.1, -0.05) is 18.2 Å². The van der Waals surface area contributed by atoms with Crippen molar-refractivity contribution in [3.05, 3.63) is 53.8 Å². The van der Waals surface area contributed by atoms with Crippen LogP contribution in [0.3, 0.4) is 0 Å². The molecule has 0 saturated carbocycles. The zero-order chi connectivity index (χ0) is 15.1. The quantitative estimate of drug-likeness (QED) is 0.797. The summed E-state index contributed by atoms with van der Waals surface area (Å²) >= 11 is 0. The van der Waals surface area contributed by atoms with E-state index in [-0.39, 0.29) is 12.4 Å². The molecular weight excluding hydrogens is 273 g/mol. The molecule has 0 heterocycles. The van der Waals surface area contributed by atoms with Crippen LogP contribution in [-0.2, 0) is 6.54 Å². The molecule has 4 nitrogen and oxygen atoms in total. The standard InChI is InChI=1S/C16H18FNO3/c1-19-15-4-2-3-5-16(15)21-9-8-20-14-7-6-12(11-18)10-13(14)17/h2-7,10H,8-9,11,18H2,1H3. The number of hydrogen-bond acceptors (Lipinski definition) is 4. The Morgan fingerprint density at radius 1 is 0.952 bits per heavy atom. The maximum absolute atomic E-state index is 13.7. The average Bonchev–Trinajstić information content (AvgIpc) is 2.53. The summed E-state index contributed by atoms with van der Waals surface area (Å²) in [6.07, 6.45) is 0. The van der Waals surface area contributed by atoms with E-state index in [1.807, 2.05) is 12.1 Å². The maximum atomic E-state index is 13.7. The predicted molar refractivity (Wildman–Crippen MR) is 78.3 cm³/mol. The fraction of sp³-hybridized carbons (Fsp3) is 0.250. The Morgan fingerprint density at radius 3 is 2.24 bits per heavy atom. The van der Waals surface area contributed by atoms with Gasteiger partial charge < -0.3 is 19.9 Å². The highest BCUT2D eigenvalue weighted by Crippen LogP contribution is 2.25. The smallest absolute Gasteiger partial charge is 0.165 e. The fourth-order valence-electron chi connectivity index (χ4n) is 1.83. The van der Waals surface area contributed by atoms with Gasteiger partial charge in [0.2, 0.25) is 0 Å². The summed E-state index contributed by atoms with van der Waals surface area (Å²) in [5, 5.41) is 0. The lowest BCUT2D eigenvalue weighted by Gasteiger charge is -2.11. The molecule has 21 heavy (non-hydrogen) atoms. The van der Waals surface area contributed by atoms with Crippen molar-refractivity contribution in [2.24, 2.45) is 5.73 Å². The van der Waals surface area contributed by atoms with Crippen LogP contribution < -0.4 is 19.9 Å². The minimum Gasteiger partial charge on any atom is -0.493 e. The number of halogens is 1. The second kappa shape index (κ2) is 7.50. The Kier molecular flexibility index (Phi) is 5.40. The van der Waals surface area contributed by atoms with E-state index in [1.165, 1.54) is 6.07 Å². The van der Waals surface area contributed by atoms with Gasteiger partial charge in [0.1, 0.15) is 13.2 Å². The van der Waals surface area contributed by atoms with Crippen molar-refractivity contribution in [1.29, 1.82) is 0 Å². The number of benzene rings is 2. The summed E-state index contributed by atoms with van der Waals surface area (Å²) in [6.45, 7) is 0.823. The lowest BCUT2D eigenvalue weighted by molar-refractivity contribution is 0.206. The average molecular weight is 291 g/mol. The molecule has 0 radical (unpaired) electrons. The van der Waals surface area contributed by atoms with Crippen LogP contribution in [0.5, 0.6) is 17.2 Å². The largest absolute Gasteiger partial charge is 0.493 e. The van der Waals surface area contributed by atoms with Crippen molar-refractivity contribution in [2.75, 3.05) is 20.3 Å². The second-order valence-electron chi connectivity index (χ2n) is 4.32. The van der Waals surface area contributed by atoms with Crippen LogP contribution in [0.1, 0.15) is 5.56 Å². The van der Waals surface area contributed by atoms with E-state index in [1.54, 1.807) is 31.4 Å². The van der Waals surface area contributed by atoms with Gasteiger partial charge in [0.25, 0.3) is 0 Å². The number of para-hydroxylation sites is 2. The van der Waals surface area contributed by atoms with Crippen LogP contribution in [0.2, 0.25) is 0 Å². The molecule has 0 spiro atoms. The van der Waals surface area contributed by atoms with Crippen molar-refractivity contribution in [3.63, 3.8) is 0 Å². The Labute approximate surface area is 123 Å². The van der Waals surface area contributed by atoms with E-state index >= 15 is 0 Å². The maximum Gasteiger partial charge on any atom is 0.165 e. The summed E-state index contributed by atoms with van der Waals surface area (Å²) in [5.74, 6) is 1.05. The molecule has 2 rings (SSSR count). The summed E-state index contributed by atoms with van der Waals surface area (Å²) in [4.78, 5) is 0. The molecule has 0 unspecified atom stereocenters. The zero-order valence-electron chi connectivity index (χ0n) is 11.8. The molecule has 0 amide bonds. The predicted octanol–water partition coefficient (Wildman–Crippen LogP) is 2.75. The lowest BCUT2D eigenvalue weighted by Crippen LogP contribution is -2.10. The number of rotatable bonds is 7. The monoisotopic (exact) mass is 291 g/mol. The normalized spacial score (nSPS) is 10.2. The first-order valence-corrected chi connectivity index (χ1v) is 6.61. The summed E-state index contributed by atoms with van der Waals surface area (Å²) in [6, 6.07) is 12.0. The molecule has 112 valence electrons. The van der Waals surface area contributed by atoms with E-state index in [9.17, 15) is 4.39 Å². The van der Waals surface area contributed by atoms with Gasteiger partial charge in [0, 0.05) is 6.54 Å². The SMILES string of the molecule is COc1ccccc1OCCOc1ccc(CN)cc1F. The molecule has 0 saturated heterocycles. The number of ether oxygens (including phenoxy) is 3. The molecular formula is C16H18FNO3. The summed E-state index contributed by atoms with van der Waals surface area (Å²) < 4.78 is 29.7. The molecule has 0 aliphatic rings. The van der Waals surface area contributed by atoms with Crippen molar-refractivity contribution in [2.45, 2.75) is 6.54 Å². The first-order valence-electron chi connectivity index (χ1n) is 6.61. The van der Waals surface area contributed by atoms with Gasteiger partial charge in [-0.2, -0.15) is 0 Å². The Hall–Kier alpha value is -2.27. The second-order valence-corrected chi connectivity index (χ2v) is 4.32. The van der Waals surface area contributed by atoms with Crippen molar-refractivity contribution in [1.82, 2.24) is 0 Å². The third-order valence-corrected chi connectivity index (χ3v) is 2.90. The molecule has 2 aromatic carbocycles. The highest BCUT2D eigenvalue weighted by molar-refractivity contribution is 5.39.